The van der Waals surface area contributed by atoms with Gasteiger partial charge in [0.2, 0.25) is 0 Å². The molecule has 0 aromatic rings. The third-order valence-electron chi connectivity index (χ3n) is 1.80. The fraction of sp³-hybridized carbons (Fsp3) is 0.875. The Morgan fingerprint density at radius 1 is 1.30 bits per heavy atom. The highest BCUT2D eigenvalue weighted by atomic mass is 14.9. The molecular weight excluding hydrogens is 124 g/mol. The molecule has 0 aromatic heterocycles. The van der Waals surface area contributed by atoms with Crippen LogP contribution in [0.3, 0.4) is 0 Å². The molecule has 0 unspecified atom stereocenters. The summed E-state index contributed by atoms with van der Waals surface area (Å²) < 4.78 is 0. The van der Waals surface area contributed by atoms with Crippen molar-refractivity contribution in [2.24, 2.45) is 11.5 Å². The predicted molar refractivity (Wildman–Crippen MR) is 45.2 cm³/mol. The molecule has 0 aliphatic heterocycles. The van der Waals surface area contributed by atoms with Gasteiger partial charge in [-0.2, -0.15) is 0 Å². The Morgan fingerprint density at radius 2 is 1.90 bits per heavy atom. The van der Waals surface area contributed by atoms with Gasteiger partial charge in [0.15, 0.2) is 0 Å². The molecule has 0 fully saturated rings. The normalized spacial score (nSPS) is 12.0. The molecule has 10 heavy (non-hydrogen) atoms. The maximum absolute atomic E-state index is 5.71. The van der Waals surface area contributed by atoms with Gasteiger partial charge in [-0.15, -0.1) is 0 Å². The first kappa shape index (κ1) is 9.92. The van der Waals surface area contributed by atoms with Gasteiger partial charge >= 0.3 is 0 Å². The summed E-state index contributed by atoms with van der Waals surface area (Å²) in [7, 11) is 0. The lowest BCUT2D eigenvalue weighted by Gasteiger charge is -2.21. The number of hydrogen-bond donors (Lipinski definition) is 2. The van der Waals surface area contributed by atoms with E-state index in [9.17, 15) is 0 Å². The minimum atomic E-state index is -0.435. The fourth-order valence-electron chi connectivity index (χ4n) is 0.808. The van der Waals surface area contributed by atoms with Crippen molar-refractivity contribution in [3.8, 4) is 0 Å². The Hall–Kier alpha value is -0.0800. The maximum atomic E-state index is 5.71. The monoisotopic (exact) mass is 143 g/mol. The van der Waals surface area contributed by atoms with Crippen LogP contribution >= 0.6 is 0 Å². The zero-order chi connectivity index (χ0) is 8.04. The Kier molecular flexibility index (Phi) is 4.65. The van der Waals surface area contributed by atoms with Crippen LogP contribution in [0.5, 0.6) is 0 Å². The molecule has 1 radical (unpaired) electrons. The Balaban J connectivity index is 3.28. The van der Waals surface area contributed by atoms with E-state index in [4.69, 9.17) is 11.5 Å². The Morgan fingerprint density at radius 3 is 2.30 bits per heavy atom. The summed E-state index contributed by atoms with van der Waals surface area (Å²) in [5.74, 6) is 0. The second-order valence-corrected chi connectivity index (χ2v) is 2.90. The summed E-state index contributed by atoms with van der Waals surface area (Å²) in [6.45, 7) is 5.77. The van der Waals surface area contributed by atoms with Crippen LogP contribution < -0.4 is 11.5 Å². The zero-order valence-corrected chi connectivity index (χ0v) is 6.90. The van der Waals surface area contributed by atoms with E-state index in [1.807, 2.05) is 6.92 Å². The van der Waals surface area contributed by atoms with Gasteiger partial charge in [-0.1, -0.05) is 33.1 Å². The molecule has 0 bridgehead atoms. The molecule has 0 rings (SSSR count). The second kappa shape index (κ2) is 4.69. The van der Waals surface area contributed by atoms with Crippen LogP contribution in [0.1, 0.15) is 39.0 Å². The number of hydrogen-bond acceptors (Lipinski definition) is 2. The molecule has 0 saturated carbocycles. The third kappa shape index (κ3) is 4.77. The van der Waals surface area contributed by atoms with Crippen LogP contribution in [0.25, 0.3) is 0 Å². The van der Waals surface area contributed by atoms with Gasteiger partial charge in [0.05, 0.1) is 5.66 Å². The summed E-state index contributed by atoms with van der Waals surface area (Å²) >= 11 is 0. The van der Waals surface area contributed by atoms with Crippen LogP contribution in [0.15, 0.2) is 0 Å². The van der Waals surface area contributed by atoms with Crippen LogP contribution in [-0.2, 0) is 0 Å². The topological polar surface area (TPSA) is 52.0 Å². The minimum Gasteiger partial charge on any atom is -0.314 e. The number of nitrogens with two attached hydrogens (primary N) is 2. The van der Waals surface area contributed by atoms with Crippen molar-refractivity contribution < 1.29 is 0 Å². The molecule has 0 amide bonds. The highest BCUT2D eigenvalue weighted by Crippen LogP contribution is 2.09. The highest BCUT2D eigenvalue weighted by molar-refractivity contribution is 4.73. The van der Waals surface area contributed by atoms with Crippen LogP contribution in [0.2, 0.25) is 0 Å². The quantitative estimate of drug-likeness (QED) is 0.451. The first-order valence-corrected chi connectivity index (χ1v) is 3.99. The van der Waals surface area contributed by atoms with E-state index in [0.717, 1.165) is 32.1 Å². The SMILES string of the molecule is [CH2]CCCCC(N)(N)CC. The van der Waals surface area contributed by atoms with Crippen LogP contribution in [-0.4, -0.2) is 5.66 Å². The van der Waals surface area contributed by atoms with E-state index >= 15 is 0 Å². The predicted octanol–water partition coefficient (Wildman–Crippen LogP) is 1.40. The highest BCUT2D eigenvalue weighted by Gasteiger charge is 2.14. The third-order valence-corrected chi connectivity index (χ3v) is 1.80. The molecule has 0 aromatic carbocycles. The average molecular weight is 143 g/mol. The lowest BCUT2D eigenvalue weighted by Crippen LogP contribution is -2.48. The summed E-state index contributed by atoms with van der Waals surface area (Å²) in [6.07, 6.45) is 4.99. The first-order chi connectivity index (χ1) is 4.62. The number of unbranched alkanes of at least 4 members (excludes halogenated alkanes) is 2. The summed E-state index contributed by atoms with van der Waals surface area (Å²) in [4.78, 5) is 0. The largest absolute Gasteiger partial charge is 0.314 e. The second-order valence-electron chi connectivity index (χ2n) is 2.90. The molecule has 0 aliphatic carbocycles. The zero-order valence-electron chi connectivity index (χ0n) is 6.90. The van der Waals surface area contributed by atoms with Gasteiger partial charge < -0.3 is 11.5 Å². The van der Waals surface area contributed by atoms with E-state index in [1.165, 1.54) is 0 Å². The van der Waals surface area contributed by atoms with Gasteiger partial charge in [0, 0.05) is 0 Å². The molecular formula is C8H19N2. The lowest BCUT2D eigenvalue weighted by molar-refractivity contribution is 0.379. The molecule has 0 atom stereocenters. The van der Waals surface area contributed by atoms with Gasteiger partial charge in [-0.3, -0.25) is 0 Å². The summed E-state index contributed by atoms with van der Waals surface area (Å²) in [6, 6.07) is 0. The van der Waals surface area contributed by atoms with Crippen molar-refractivity contribution in [2.75, 3.05) is 0 Å². The lowest BCUT2D eigenvalue weighted by atomic mass is 10.0. The van der Waals surface area contributed by atoms with Crippen molar-refractivity contribution in [1.82, 2.24) is 0 Å². The van der Waals surface area contributed by atoms with E-state index in [1.54, 1.807) is 0 Å². The first-order valence-electron chi connectivity index (χ1n) is 3.99. The van der Waals surface area contributed by atoms with Gasteiger partial charge in [0.1, 0.15) is 0 Å². The van der Waals surface area contributed by atoms with Crippen molar-refractivity contribution in [3.63, 3.8) is 0 Å². The van der Waals surface area contributed by atoms with Crippen molar-refractivity contribution in [1.29, 1.82) is 0 Å². The van der Waals surface area contributed by atoms with E-state index in [0.29, 0.717) is 0 Å². The molecule has 61 valence electrons. The van der Waals surface area contributed by atoms with Crippen LogP contribution in [0.4, 0.5) is 0 Å². The van der Waals surface area contributed by atoms with Gasteiger partial charge in [0.25, 0.3) is 0 Å². The molecule has 0 heterocycles. The van der Waals surface area contributed by atoms with Crippen LogP contribution in [0, 0.1) is 6.92 Å². The number of rotatable bonds is 5. The van der Waals surface area contributed by atoms with E-state index < -0.39 is 5.66 Å². The molecule has 2 heteroatoms. The van der Waals surface area contributed by atoms with Gasteiger partial charge in [-0.05, 0) is 12.8 Å². The fourth-order valence-corrected chi connectivity index (χ4v) is 0.808. The molecule has 0 aliphatic rings. The molecule has 0 saturated heterocycles. The molecule has 2 nitrogen and oxygen atoms in total. The van der Waals surface area contributed by atoms with E-state index in [2.05, 4.69) is 6.92 Å². The smallest absolute Gasteiger partial charge is 0.0633 e. The minimum absolute atomic E-state index is 0.435. The average Bonchev–Trinajstić information content (AvgIpc) is 1.89. The Bertz CT molecular complexity index is 79.3. The summed E-state index contributed by atoms with van der Waals surface area (Å²) in [5.41, 5.74) is 11.0. The van der Waals surface area contributed by atoms with E-state index in [-0.39, 0.29) is 0 Å². The van der Waals surface area contributed by atoms with Gasteiger partial charge in [-0.25, -0.2) is 0 Å². The van der Waals surface area contributed by atoms with Crippen molar-refractivity contribution in [3.05, 3.63) is 6.92 Å². The van der Waals surface area contributed by atoms with Crippen molar-refractivity contribution >= 4 is 0 Å². The Labute approximate surface area is 64.0 Å². The standard InChI is InChI=1S/C8H19N2/c1-3-5-6-7-8(9,10)4-2/h1,3-7,9-10H2,2H3. The maximum Gasteiger partial charge on any atom is 0.0633 e. The van der Waals surface area contributed by atoms with Crippen molar-refractivity contribution in [2.45, 2.75) is 44.7 Å². The molecule has 4 N–H and O–H groups in total. The molecule has 0 spiro atoms. The summed E-state index contributed by atoms with van der Waals surface area (Å²) in [5, 5.41) is 0.